The molecule has 5 heteroatoms. The second-order valence-corrected chi connectivity index (χ2v) is 4.67. The largest absolute Gasteiger partial charge is 0.396 e. The number of nitrogens with zero attached hydrogens (tertiary/aromatic N) is 3. The third-order valence-electron chi connectivity index (χ3n) is 2.53. The molecule has 4 nitrogen and oxygen atoms in total. The molecule has 0 atom stereocenters. The molecule has 2 rings (SSSR count). The van der Waals surface area contributed by atoms with Crippen molar-refractivity contribution in [2.75, 3.05) is 5.73 Å². The maximum Gasteiger partial charge on any atom is 0.0826 e. The predicted octanol–water partition coefficient (Wildman–Crippen LogP) is 2.29. The summed E-state index contributed by atoms with van der Waals surface area (Å²) in [5, 5.41) is 4.38. The molecule has 2 aromatic rings. The van der Waals surface area contributed by atoms with Crippen LogP contribution in [0.25, 0.3) is 0 Å². The average molecular weight is 281 g/mol. The Bertz CT molecular complexity index is 519. The summed E-state index contributed by atoms with van der Waals surface area (Å²) in [6, 6.07) is 2.03. The molecule has 0 radical (unpaired) electrons. The molecule has 0 saturated carbocycles. The predicted molar refractivity (Wildman–Crippen MR) is 67.2 cm³/mol. The van der Waals surface area contributed by atoms with Crippen LogP contribution in [0.4, 0.5) is 5.69 Å². The van der Waals surface area contributed by atoms with E-state index >= 15 is 0 Å². The lowest BCUT2D eigenvalue weighted by atomic mass is 10.3. The van der Waals surface area contributed by atoms with Crippen molar-refractivity contribution in [3.8, 4) is 0 Å². The van der Waals surface area contributed by atoms with Crippen LogP contribution in [-0.2, 0) is 6.54 Å². The summed E-state index contributed by atoms with van der Waals surface area (Å²) >= 11 is 3.40. The van der Waals surface area contributed by atoms with Gasteiger partial charge in [-0.05, 0) is 41.4 Å². The van der Waals surface area contributed by atoms with Gasteiger partial charge in [0.2, 0.25) is 0 Å². The van der Waals surface area contributed by atoms with Crippen LogP contribution in [0.2, 0.25) is 0 Å². The maximum absolute atomic E-state index is 5.88. The molecule has 0 aromatic carbocycles. The van der Waals surface area contributed by atoms with Crippen molar-refractivity contribution in [1.29, 1.82) is 0 Å². The first-order valence-corrected chi connectivity index (χ1v) is 5.76. The number of pyridine rings is 1. The summed E-state index contributed by atoms with van der Waals surface area (Å²) < 4.78 is 2.87. The molecule has 0 aliphatic heterocycles. The SMILES string of the molecule is Cc1nn(Cc2cncc(Br)c2)c(C)c1N. The van der Waals surface area contributed by atoms with Gasteiger partial charge in [0.15, 0.2) is 0 Å². The zero-order valence-corrected chi connectivity index (χ0v) is 10.8. The molecular formula is C11H13BrN4. The number of halogens is 1. The molecular weight excluding hydrogens is 268 g/mol. The lowest BCUT2D eigenvalue weighted by Gasteiger charge is -2.04. The second-order valence-electron chi connectivity index (χ2n) is 3.75. The van der Waals surface area contributed by atoms with Crippen molar-refractivity contribution in [3.63, 3.8) is 0 Å². The zero-order chi connectivity index (χ0) is 11.7. The molecule has 0 spiro atoms. The number of aromatic nitrogens is 3. The molecule has 0 bridgehead atoms. The minimum Gasteiger partial charge on any atom is -0.396 e. The minimum absolute atomic E-state index is 0.691. The highest BCUT2D eigenvalue weighted by molar-refractivity contribution is 9.10. The van der Waals surface area contributed by atoms with Crippen molar-refractivity contribution in [2.45, 2.75) is 20.4 Å². The molecule has 16 heavy (non-hydrogen) atoms. The number of nitrogen functional groups attached to an aromatic ring is 1. The number of aryl methyl sites for hydroxylation is 1. The van der Waals surface area contributed by atoms with Crippen molar-refractivity contribution in [1.82, 2.24) is 14.8 Å². The van der Waals surface area contributed by atoms with Gasteiger partial charge in [-0.2, -0.15) is 5.10 Å². The topological polar surface area (TPSA) is 56.7 Å². The highest BCUT2D eigenvalue weighted by atomic mass is 79.9. The molecule has 2 aromatic heterocycles. The summed E-state index contributed by atoms with van der Waals surface area (Å²) in [5.41, 5.74) is 9.61. The van der Waals surface area contributed by atoms with Crippen LogP contribution in [0.1, 0.15) is 17.0 Å². The fourth-order valence-electron chi connectivity index (χ4n) is 1.58. The van der Waals surface area contributed by atoms with Gasteiger partial charge >= 0.3 is 0 Å². The first-order valence-electron chi connectivity index (χ1n) is 4.97. The Morgan fingerprint density at radius 2 is 2.12 bits per heavy atom. The van der Waals surface area contributed by atoms with Gasteiger partial charge in [-0.1, -0.05) is 0 Å². The van der Waals surface area contributed by atoms with Crippen LogP contribution < -0.4 is 5.73 Å². The van der Waals surface area contributed by atoms with E-state index in [1.54, 1.807) is 6.20 Å². The molecule has 0 saturated heterocycles. The van der Waals surface area contributed by atoms with E-state index in [9.17, 15) is 0 Å². The van der Waals surface area contributed by atoms with Gasteiger partial charge in [-0.15, -0.1) is 0 Å². The number of hydrogen-bond donors (Lipinski definition) is 1. The molecule has 0 fully saturated rings. The fraction of sp³-hybridized carbons (Fsp3) is 0.273. The zero-order valence-electron chi connectivity index (χ0n) is 9.24. The molecule has 2 N–H and O–H groups in total. The highest BCUT2D eigenvalue weighted by Gasteiger charge is 2.08. The molecule has 0 aliphatic carbocycles. The van der Waals surface area contributed by atoms with E-state index in [4.69, 9.17) is 5.73 Å². The third-order valence-corrected chi connectivity index (χ3v) is 2.96. The Morgan fingerprint density at radius 1 is 1.38 bits per heavy atom. The van der Waals surface area contributed by atoms with Crippen LogP contribution in [0.3, 0.4) is 0 Å². The van der Waals surface area contributed by atoms with E-state index in [2.05, 4.69) is 26.0 Å². The van der Waals surface area contributed by atoms with E-state index in [1.165, 1.54) is 0 Å². The van der Waals surface area contributed by atoms with Gasteiger partial charge in [0.05, 0.1) is 23.6 Å². The Kier molecular flexibility index (Phi) is 2.96. The van der Waals surface area contributed by atoms with Crippen molar-refractivity contribution in [2.24, 2.45) is 0 Å². The molecule has 2 heterocycles. The van der Waals surface area contributed by atoms with Crippen LogP contribution in [-0.4, -0.2) is 14.8 Å². The lowest BCUT2D eigenvalue weighted by molar-refractivity contribution is 0.657. The minimum atomic E-state index is 0.691. The van der Waals surface area contributed by atoms with E-state index < -0.39 is 0 Å². The van der Waals surface area contributed by atoms with Gasteiger partial charge in [0, 0.05) is 16.9 Å². The first-order chi connectivity index (χ1) is 7.58. The first kappa shape index (κ1) is 11.1. The fourth-order valence-corrected chi connectivity index (χ4v) is 1.99. The third kappa shape index (κ3) is 2.09. The van der Waals surface area contributed by atoms with Crippen LogP contribution in [0.15, 0.2) is 22.9 Å². The molecule has 84 valence electrons. The van der Waals surface area contributed by atoms with Crippen molar-refractivity contribution in [3.05, 3.63) is 39.9 Å². The van der Waals surface area contributed by atoms with Crippen LogP contribution in [0, 0.1) is 13.8 Å². The highest BCUT2D eigenvalue weighted by Crippen LogP contribution is 2.17. The van der Waals surface area contributed by atoms with Gasteiger partial charge in [-0.3, -0.25) is 9.67 Å². The summed E-state index contributed by atoms with van der Waals surface area (Å²) in [5.74, 6) is 0. The monoisotopic (exact) mass is 280 g/mol. The van der Waals surface area contributed by atoms with Crippen LogP contribution >= 0.6 is 15.9 Å². The summed E-state index contributed by atoms with van der Waals surface area (Å²) in [6.07, 6.45) is 3.59. The van der Waals surface area contributed by atoms with Crippen molar-refractivity contribution >= 4 is 21.6 Å². The number of rotatable bonds is 2. The molecule has 0 amide bonds. The number of nitrogens with two attached hydrogens (primary N) is 1. The average Bonchev–Trinajstić information content (AvgIpc) is 2.47. The molecule has 0 unspecified atom stereocenters. The quantitative estimate of drug-likeness (QED) is 0.918. The van der Waals surface area contributed by atoms with Gasteiger partial charge in [0.1, 0.15) is 0 Å². The second kappa shape index (κ2) is 4.25. The van der Waals surface area contributed by atoms with Crippen LogP contribution in [0.5, 0.6) is 0 Å². The Labute approximate surface area is 103 Å². The van der Waals surface area contributed by atoms with E-state index in [0.717, 1.165) is 27.1 Å². The van der Waals surface area contributed by atoms with Gasteiger partial charge in [-0.25, -0.2) is 0 Å². The standard InChI is InChI=1S/C11H13BrN4/c1-7-11(13)8(2)16(15-7)6-9-3-10(12)5-14-4-9/h3-5H,6,13H2,1-2H3. The maximum atomic E-state index is 5.88. The van der Waals surface area contributed by atoms with Gasteiger partial charge < -0.3 is 5.73 Å². The van der Waals surface area contributed by atoms with E-state index in [0.29, 0.717) is 6.54 Å². The lowest BCUT2D eigenvalue weighted by Crippen LogP contribution is -2.04. The Morgan fingerprint density at radius 3 is 2.69 bits per heavy atom. The normalized spacial score (nSPS) is 10.7. The van der Waals surface area contributed by atoms with E-state index in [-0.39, 0.29) is 0 Å². The number of hydrogen-bond acceptors (Lipinski definition) is 3. The molecule has 0 aliphatic rings. The Balaban J connectivity index is 2.30. The Hall–Kier alpha value is -1.36. The summed E-state index contributed by atoms with van der Waals surface area (Å²) in [6.45, 7) is 4.58. The van der Waals surface area contributed by atoms with Gasteiger partial charge in [0.25, 0.3) is 0 Å². The van der Waals surface area contributed by atoms with E-state index in [1.807, 2.05) is 30.8 Å². The number of anilines is 1. The summed E-state index contributed by atoms with van der Waals surface area (Å²) in [4.78, 5) is 4.12. The summed E-state index contributed by atoms with van der Waals surface area (Å²) in [7, 11) is 0. The van der Waals surface area contributed by atoms with Crippen molar-refractivity contribution < 1.29 is 0 Å². The smallest absolute Gasteiger partial charge is 0.0826 e.